The van der Waals surface area contributed by atoms with Gasteiger partial charge in [-0.05, 0) is 24.1 Å². The van der Waals surface area contributed by atoms with Gasteiger partial charge in [0.05, 0.1) is 17.0 Å². The second kappa shape index (κ2) is 9.69. The van der Waals surface area contributed by atoms with Crippen molar-refractivity contribution in [1.82, 2.24) is 4.72 Å². The fraction of sp³-hybridized carbons (Fsp3) is 0.444. The average molecular weight is 402 g/mol. The fourth-order valence-electron chi connectivity index (χ4n) is 2.86. The molecule has 1 heterocycles. The van der Waals surface area contributed by atoms with E-state index < -0.39 is 16.1 Å². The van der Waals surface area contributed by atoms with Crippen molar-refractivity contribution in [2.24, 2.45) is 0 Å². The molecule has 138 valence electrons. The van der Waals surface area contributed by atoms with E-state index >= 15 is 0 Å². The largest absolute Gasteiger partial charge is 0.395 e. The Bertz CT molecular complexity index is 747. The molecule has 0 spiro atoms. The molecular formula is C18H24ClNO3S2. The number of unbranched alkanes of at least 4 members (excludes halogenated alkanes) is 2. The molecule has 0 aliphatic heterocycles. The first-order valence-electron chi connectivity index (χ1n) is 8.41. The minimum absolute atomic E-state index is 0.0806. The van der Waals surface area contributed by atoms with Gasteiger partial charge in [0.25, 0.3) is 0 Å². The topological polar surface area (TPSA) is 66.4 Å². The lowest BCUT2D eigenvalue weighted by Gasteiger charge is -2.27. The molecule has 2 N–H and O–H groups in total. The number of aliphatic hydroxyl groups excluding tert-OH is 1. The van der Waals surface area contributed by atoms with Crippen molar-refractivity contribution in [2.75, 3.05) is 6.61 Å². The summed E-state index contributed by atoms with van der Waals surface area (Å²) in [6.07, 6.45) is 3.97. The lowest BCUT2D eigenvalue weighted by atomic mass is 9.87. The minimum Gasteiger partial charge on any atom is -0.395 e. The summed E-state index contributed by atoms with van der Waals surface area (Å²) in [6.45, 7) is 1.87. The number of aliphatic hydroxyl groups is 1. The van der Waals surface area contributed by atoms with Gasteiger partial charge in [0.1, 0.15) is 4.21 Å². The van der Waals surface area contributed by atoms with Crippen molar-refractivity contribution in [1.29, 1.82) is 0 Å². The minimum atomic E-state index is -3.71. The van der Waals surface area contributed by atoms with Crippen LogP contribution in [-0.2, 0) is 10.0 Å². The number of sulfonamides is 1. The van der Waals surface area contributed by atoms with E-state index in [1.54, 1.807) is 6.07 Å². The quantitative estimate of drug-likeness (QED) is 0.579. The van der Waals surface area contributed by atoms with E-state index in [2.05, 4.69) is 11.6 Å². The molecule has 1 aromatic carbocycles. The summed E-state index contributed by atoms with van der Waals surface area (Å²) in [4.78, 5) is 0. The summed E-state index contributed by atoms with van der Waals surface area (Å²) in [6, 6.07) is 12.2. The van der Waals surface area contributed by atoms with Crippen molar-refractivity contribution >= 4 is 33.0 Å². The van der Waals surface area contributed by atoms with E-state index in [1.807, 2.05) is 30.3 Å². The molecule has 25 heavy (non-hydrogen) atoms. The van der Waals surface area contributed by atoms with E-state index in [4.69, 9.17) is 11.6 Å². The van der Waals surface area contributed by atoms with Crippen LogP contribution in [-0.4, -0.2) is 26.2 Å². The standard InChI is InChI=1S/C18H24ClNO3S2/c1-2-3-5-10-15(14-8-6-4-7-9-14)16(13-21)20-25(22,23)18-12-11-17(19)24-18/h4,6-9,11-12,15-16,20-21H,2-3,5,10,13H2,1H3/t15-,16+/m0/s1. The Balaban J connectivity index is 2.23. The summed E-state index contributed by atoms with van der Waals surface area (Å²) < 4.78 is 28.5. The number of halogens is 1. The lowest BCUT2D eigenvalue weighted by Crippen LogP contribution is -2.41. The summed E-state index contributed by atoms with van der Waals surface area (Å²) in [7, 11) is -3.71. The number of hydrogen-bond donors (Lipinski definition) is 2. The van der Waals surface area contributed by atoms with Gasteiger partial charge < -0.3 is 5.11 Å². The molecule has 0 saturated heterocycles. The highest BCUT2D eigenvalue weighted by Gasteiger charge is 2.28. The van der Waals surface area contributed by atoms with Gasteiger partial charge in [-0.2, -0.15) is 0 Å². The van der Waals surface area contributed by atoms with Crippen LogP contribution in [0.25, 0.3) is 0 Å². The lowest BCUT2D eigenvalue weighted by molar-refractivity contribution is 0.233. The van der Waals surface area contributed by atoms with Gasteiger partial charge in [-0.25, -0.2) is 13.1 Å². The van der Waals surface area contributed by atoms with Gasteiger partial charge in [-0.15, -0.1) is 11.3 Å². The molecule has 0 amide bonds. The third kappa shape index (κ3) is 5.79. The van der Waals surface area contributed by atoms with Crippen LogP contribution in [0.3, 0.4) is 0 Å². The Morgan fingerprint density at radius 2 is 1.88 bits per heavy atom. The summed E-state index contributed by atoms with van der Waals surface area (Å²) in [5, 5.41) is 9.88. The molecule has 7 heteroatoms. The monoisotopic (exact) mass is 401 g/mol. The van der Waals surface area contributed by atoms with Crippen molar-refractivity contribution in [3.63, 3.8) is 0 Å². The second-order valence-electron chi connectivity index (χ2n) is 5.98. The summed E-state index contributed by atoms with van der Waals surface area (Å²) in [5.41, 5.74) is 1.03. The van der Waals surface area contributed by atoms with Crippen molar-refractivity contribution in [2.45, 2.75) is 48.8 Å². The normalized spacial score (nSPS) is 14.4. The van der Waals surface area contributed by atoms with Gasteiger partial charge in [-0.3, -0.25) is 0 Å². The predicted molar refractivity (Wildman–Crippen MR) is 104 cm³/mol. The molecule has 0 aliphatic rings. The molecule has 2 rings (SSSR count). The molecule has 0 fully saturated rings. The zero-order valence-corrected chi connectivity index (χ0v) is 16.6. The first-order chi connectivity index (χ1) is 12.0. The van der Waals surface area contributed by atoms with Crippen molar-refractivity contribution < 1.29 is 13.5 Å². The molecule has 0 unspecified atom stereocenters. The van der Waals surface area contributed by atoms with Gasteiger partial charge in [0, 0.05) is 5.92 Å². The molecular weight excluding hydrogens is 378 g/mol. The summed E-state index contributed by atoms with van der Waals surface area (Å²) >= 11 is 6.87. The molecule has 0 radical (unpaired) electrons. The Labute approximate surface area is 158 Å². The third-order valence-corrected chi connectivity index (χ3v) is 7.36. The van der Waals surface area contributed by atoms with Gasteiger partial charge in [-0.1, -0.05) is 68.1 Å². The van der Waals surface area contributed by atoms with Crippen LogP contribution in [0.5, 0.6) is 0 Å². The number of benzene rings is 1. The Hall–Kier alpha value is -0.920. The molecule has 0 aliphatic carbocycles. The van der Waals surface area contributed by atoms with Crippen molar-refractivity contribution in [3.8, 4) is 0 Å². The van der Waals surface area contributed by atoms with Crippen LogP contribution in [0.1, 0.15) is 44.1 Å². The Kier molecular flexibility index (Phi) is 7.90. The van der Waals surface area contributed by atoms with Gasteiger partial charge in [0.2, 0.25) is 10.0 Å². The maximum absolute atomic E-state index is 12.6. The van der Waals surface area contributed by atoms with Crippen LogP contribution in [0.4, 0.5) is 0 Å². The van der Waals surface area contributed by atoms with E-state index in [1.165, 1.54) is 6.07 Å². The first kappa shape index (κ1) is 20.4. The number of nitrogens with one attached hydrogen (secondary N) is 1. The molecule has 4 nitrogen and oxygen atoms in total. The number of rotatable bonds is 10. The molecule has 0 saturated carbocycles. The van der Waals surface area contributed by atoms with E-state index in [0.717, 1.165) is 42.6 Å². The van der Waals surface area contributed by atoms with Gasteiger partial charge in [0.15, 0.2) is 0 Å². The van der Waals surface area contributed by atoms with Crippen LogP contribution in [0.15, 0.2) is 46.7 Å². The van der Waals surface area contributed by atoms with Crippen LogP contribution in [0, 0.1) is 0 Å². The number of thiophene rings is 1. The van der Waals surface area contributed by atoms with Crippen LogP contribution < -0.4 is 4.72 Å². The molecule has 0 bridgehead atoms. The third-order valence-electron chi connectivity index (χ3n) is 4.15. The summed E-state index contributed by atoms with van der Waals surface area (Å²) in [5.74, 6) is -0.0806. The van der Waals surface area contributed by atoms with E-state index in [-0.39, 0.29) is 16.7 Å². The Morgan fingerprint density at radius 3 is 2.44 bits per heavy atom. The van der Waals surface area contributed by atoms with Gasteiger partial charge >= 0.3 is 0 Å². The number of hydrogen-bond acceptors (Lipinski definition) is 4. The van der Waals surface area contributed by atoms with Crippen LogP contribution >= 0.6 is 22.9 Å². The second-order valence-corrected chi connectivity index (χ2v) is 9.64. The Morgan fingerprint density at radius 1 is 1.16 bits per heavy atom. The maximum Gasteiger partial charge on any atom is 0.250 e. The smallest absolute Gasteiger partial charge is 0.250 e. The predicted octanol–water partition coefficient (Wildman–Crippen LogP) is 4.40. The highest BCUT2D eigenvalue weighted by molar-refractivity contribution is 7.91. The molecule has 2 atom stereocenters. The maximum atomic E-state index is 12.6. The zero-order chi connectivity index (χ0) is 18.3. The van der Waals surface area contributed by atoms with Crippen LogP contribution in [0.2, 0.25) is 4.34 Å². The molecule has 1 aromatic heterocycles. The average Bonchev–Trinajstić information content (AvgIpc) is 3.05. The first-order valence-corrected chi connectivity index (χ1v) is 11.1. The highest BCUT2D eigenvalue weighted by Crippen LogP contribution is 2.29. The zero-order valence-electron chi connectivity index (χ0n) is 14.2. The van der Waals surface area contributed by atoms with E-state index in [9.17, 15) is 13.5 Å². The van der Waals surface area contributed by atoms with Crippen molar-refractivity contribution in [3.05, 3.63) is 52.4 Å². The highest BCUT2D eigenvalue weighted by atomic mass is 35.5. The van der Waals surface area contributed by atoms with E-state index in [0.29, 0.717) is 4.34 Å². The SMILES string of the molecule is CCCCC[C@@H](c1ccccc1)[C@@H](CO)NS(=O)(=O)c1ccc(Cl)s1. The fourth-order valence-corrected chi connectivity index (χ4v) is 5.63. The molecule has 2 aromatic rings.